The van der Waals surface area contributed by atoms with Crippen molar-refractivity contribution in [3.8, 4) is 0 Å². The van der Waals surface area contributed by atoms with Gasteiger partial charge in [0, 0.05) is 0 Å². The van der Waals surface area contributed by atoms with E-state index < -0.39 is 0 Å². The monoisotopic (exact) mass is 257 g/mol. The molecule has 0 saturated heterocycles. The van der Waals surface area contributed by atoms with Crippen LogP contribution in [0.1, 0.15) is 27.7 Å². The molecule has 15 heavy (non-hydrogen) atoms. The quantitative estimate of drug-likeness (QED) is 0.501. The summed E-state index contributed by atoms with van der Waals surface area (Å²) in [7, 11) is 0. The third kappa shape index (κ3) is 32.2. The zero-order valence-electron chi connectivity index (χ0n) is 9.12. The molecule has 0 N–H and O–H groups in total. The Bertz CT molecular complexity index is 231. The first-order chi connectivity index (χ1) is 6.25. The van der Waals surface area contributed by atoms with Crippen molar-refractivity contribution in [3.05, 3.63) is 23.7 Å². The Morgan fingerprint density at radius 1 is 0.800 bits per heavy atom. The zero-order valence-corrected chi connectivity index (χ0v) is 10.2. The van der Waals surface area contributed by atoms with Gasteiger partial charge in [-0.25, -0.2) is 0 Å². The van der Waals surface area contributed by atoms with Gasteiger partial charge in [0.05, 0.1) is 0 Å². The fraction of sp³-hybridized carbons (Fsp3) is 0.400. The van der Waals surface area contributed by atoms with Gasteiger partial charge in [-0.2, -0.15) is 0 Å². The van der Waals surface area contributed by atoms with E-state index in [-0.39, 0.29) is 39.9 Å². The molecule has 0 amide bonds. The fourth-order valence-electron chi connectivity index (χ4n) is 0.572. The molecule has 0 aliphatic rings. The van der Waals surface area contributed by atoms with E-state index in [0.717, 1.165) is 12.2 Å². The molecule has 0 aliphatic carbocycles. The van der Waals surface area contributed by atoms with Crippen molar-refractivity contribution >= 4 is 11.6 Å². The summed E-state index contributed by atoms with van der Waals surface area (Å²) >= 11 is 0. The number of carbonyl (C=O) groups excluding carboxylic acids is 2. The molecule has 0 aromatic carbocycles. The predicted molar refractivity (Wildman–Crippen MR) is 48.9 cm³/mol. The largest absolute Gasteiger partial charge is 2.00 e. The van der Waals surface area contributed by atoms with Crippen LogP contribution in [0.25, 0.3) is 0 Å². The first kappa shape index (κ1) is 19.5. The van der Waals surface area contributed by atoms with Crippen molar-refractivity contribution in [1.29, 1.82) is 0 Å². The van der Waals surface area contributed by atoms with Crippen LogP contribution in [0.3, 0.4) is 0 Å². The average molecular weight is 257 g/mol. The van der Waals surface area contributed by atoms with Crippen LogP contribution in [-0.4, -0.2) is 11.6 Å². The van der Waals surface area contributed by atoms with E-state index in [1.54, 1.807) is 0 Å². The maximum Gasteiger partial charge on any atom is 2.00 e. The summed E-state index contributed by atoms with van der Waals surface area (Å²) in [5, 5.41) is 20.0. The van der Waals surface area contributed by atoms with Crippen molar-refractivity contribution < 1.29 is 36.6 Å². The van der Waals surface area contributed by atoms with Gasteiger partial charge in [0.1, 0.15) is 0 Å². The summed E-state index contributed by atoms with van der Waals surface area (Å²) in [6.07, 6.45) is 2.11. The van der Waals surface area contributed by atoms with Crippen LogP contribution < -0.4 is 10.2 Å². The van der Waals surface area contributed by atoms with Crippen LogP contribution in [0.2, 0.25) is 0 Å². The first-order valence-electron chi connectivity index (χ1n) is 3.97. The Kier molecular flexibility index (Phi) is 14.3. The molecule has 0 rings (SSSR count). The number of hydrogen-bond acceptors (Lipinski definition) is 4. The van der Waals surface area contributed by atoms with Crippen molar-refractivity contribution in [2.45, 2.75) is 27.7 Å². The standard InChI is InChI=1S/2C5H8O2.Co/c2*1-4(6)3-5(2)7;/h2*3,6H,1-2H3;/q;;+2/p-2/b4-3+;4-3-;. The van der Waals surface area contributed by atoms with E-state index >= 15 is 0 Å². The van der Waals surface area contributed by atoms with E-state index in [0.29, 0.717) is 0 Å². The second-order valence-corrected chi connectivity index (χ2v) is 2.73. The van der Waals surface area contributed by atoms with Gasteiger partial charge in [0.25, 0.3) is 0 Å². The molecule has 0 aliphatic heterocycles. The smallest absolute Gasteiger partial charge is 0.876 e. The summed E-state index contributed by atoms with van der Waals surface area (Å²) < 4.78 is 0. The van der Waals surface area contributed by atoms with Gasteiger partial charge in [-0.05, 0) is 26.0 Å². The molecule has 0 spiro atoms. The minimum Gasteiger partial charge on any atom is -0.876 e. The number of allylic oxidation sites excluding steroid dienone is 4. The van der Waals surface area contributed by atoms with Crippen LogP contribution >= 0.6 is 0 Å². The Hall–Kier alpha value is -1.07. The minimum atomic E-state index is -0.187. The Labute approximate surface area is 99.9 Å². The topological polar surface area (TPSA) is 80.3 Å². The van der Waals surface area contributed by atoms with Gasteiger partial charge in [-0.15, -0.1) is 11.5 Å². The molecule has 87 valence electrons. The molecule has 0 unspecified atom stereocenters. The minimum absolute atomic E-state index is 0. The van der Waals surface area contributed by atoms with Crippen molar-refractivity contribution in [2.75, 3.05) is 0 Å². The van der Waals surface area contributed by atoms with E-state index in [4.69, 9.17) is 0 Å². The van der Waals surface area contributed by atoms with Gasteiger partial charge in [0.15, 0.2) is 11.6 Å². The SMILES string of the molecule is CC(=O)/C=C(/C)[O-].CC(=O)/C=C(\C)[O-].[Co+2]. The summed E-state index contributed by atoms with van der Waals surface area (Å²) in [6, 6.07) is 0. The van der Waals surface area contributed by atoms with E-state index in [9.17, 15) is 19.8 Å². The molecule has 0 heterocycles. The van der Waals surface area contributed by atoms with Gasteiger partial charge in [-0.1, -0.05) is 13.8 Å². The molecule has 0 saturated carbocycles. The Morgan fingerprint density at radius 2 is 1.00 bits per heavy atom. The third-order valence-electron chi connectivity index (χ3n) is 0.813. The molecule has 0 aromatic rings. The molecule has 4 nitrogen and oxygen atoms in total. The maximum atomic E-state index is 9.98. The number of hydrogen-bond donors (Lipinski definition) is 0. The Balaban J connectivity index is -0.000000180. The molecule has 0 bridgehead atoms. The molecular weight excluding hydrogens is 243 g/mol. The van der Waals surface area contributed by atoms with Crippen LogP contribution in [0.4, 0.5) is 0 Å². The van der Waals surface area contributed by atoms with E-state index in [1.165, 1.54) is 27.7 Å². The summed E-state index contributed by atoms with van der Waals surface area (Å²) in [5.74, 6) is -0.750. The summed E-state index contributed by atoms with van der Waals surface area (Å²) in [6.45, 7) is 5.39. The van der Waals surface area contributed by atoms with E-state index in [1.807, 2.05) is 0 Å². The zero-order chi connectivity index (χ0) is 11.7. The average Bonchev–Trinajstić information content (AvgIpc) is 1.79. The van der Waals surface area contributed by atoms with E-state index in [2.05, 4.69) is 0 Å². The number of carbonyl (C=O) groups is 2. The van der Waals surface area contributed by atoms with Crippen LogP contribution in [0.5, 0.6) is 0 Å². The Morgan fingerprint density at radius 3 is 1.00 bits per heavy atom. The fourth-order valence-corrected chi connectivity index (χ4v) is 0.572. The van der Waals surface area contributed by atoms with Gasteiger partial charge < -0.3 is 10.2 Å². The van der Waals surface area contributed by atoms with Gasteiger partial charge in [-0.3, -0.25) is 9.59 Å². The predicted octanol–water partition coefficient (Wildman–Crippen LogP) is -0.324. The van der Waals surface area contributed by atoms with Gasteiger partial charge in [0.2, 0.25) is 0 Å². The van der Waals surface area contributed by atoms with Gasteiger partial charge >= 0.3 is 16.8 Å². The maximum absolute atomic E-state index is 9.98. The molecular formula is C10H14CoO4. The second kappa shape index (κ2) is 11.0. The second-order valence-electron chi connectivity index (χ2n) is 2.73. The van der Waals surface area contributed by atoms with Crippen LogP contribution in [-0.2, 0) is 26.4 Å². The van der Waals surface area contributed by atoms with Crippen molar-refractivity contribution in [1.82, 2.24) is 0 Å². The summed E-state index contributed by atoms with van der Waals surface area (Å²) in [4.78, 5) is 20.0. The van der Waals surface area contributed by atoms with Crippen LogP contribution in [0, 0.1) is 0 Å². The molecule has 5 heteroatoms. The number of rotatable bonds is 2. The van der Waals surface area contributed by atoms with Crippen LogP contribution in [0.15, 0.2) is 23.7 Å². The molecule has 1 radical (unpaired) electrons. The normalized spacial score (nSPS) is 10.7. The molecule has 0 atom stereocenters. The van der Waals surface area contributed by atoms with Crippen molar-refractivity contribution in [2.24, 2.45) is 0 Å². The van der Waals surface area contributed by atoms with Crippen molar-refractivity contribution in [3.63, 3.8) is 0 Å². The third-order valence-corrected chi connectivity index (χ3v) is 0.813. The molecule has 0 aromatic heterocycles. The number of ketones is 2. The summed E-state index contributed by atoms with van der Waals surface area (Å²) in [5.41, 5.74) is 0. The first-order valence-corrected chi connectivity index (χ1v) is 3.97. The molecule has 0 fully saturated rings.